The van der Waals surface area contributed by atoms with E-state index in [0.717, 1.165) is 103 Å². The Labute approximate surface area is 221 Å². The minimum absolute atomic E-state index is 0.116. The first-order chi connectivity index (χ1) is 17.1. The number of aliphatic hydroxyl groups is 1. The maximum absolute atomic E-state index is 12.3. The molecule has 2 atom stereocenters. The number of hydrogen-bond donors (Lipinski definition) is 1. The van der Waals surface area contributed by atoms with Crippen LogP contribution in [0.3, 0.4) is 0 Å². The minimum Gasteiger partial charge on any atom is -0.459 e. The van der Waals surface area contributed by atoms with Crippen LogP contribution in [0.4, 0.5) is 4.79 Å². The summed E-state index contributed by atoms with van der Waals surface area (Å²) in [6.07, 6.45) is 13.0. The van der Waals surface area contributed by atoms with Crippen molar-refractivity contribution in [3.63, 3.8) is 0 Å². The topological polar surface area (TPSA) is 85.3 Å². The van der Waals surface area contributed by atoms with Crippen LogP contribution in [-0.4, -0.2) is 66.7 Å². The Kier molecular flexibility index (Phi) is 19.9. The summed E-state index contributed by atoms with van der Waals surface area (Å²) in [5.41, 5.74) is -0.897. The average Bonchev–Trinajstić information content (AvgIpc) is 2.84. The Balaban J connectivity index is 4.04. The van der Waals surface area contributed by atoms with Gasteiger partial charge in [0.15, 0.2) is 0 Å². The highest BCUT2D eigenvalue weighted by Crippen LogP contribution is 2.25. The Hall–Kier alpha value is -1.34. The Bertz CT molecular complexity index is 572. The summed E-state index contributed by atoms with van der Waals surface area (Å²) in [6.45, 7) is 12.6. The van der Waals surface area contributed by atoms with Crippen LogP contribution in [0.5, 0.6) is 0 Å². The SMILES string of the molecule is CCCN(C)CCC(=O)OC(C)(CC)CCCCCCOC(=O)OC(C)(CC)CCCCCCCO. The lowest BCUT2D eigenvalue weighted by Crippen LogP contribution is -2.32. The molecule has 0 rings (SSSR count). The molecule has 7 heteroatoms. The van der Waals surface area contributed by atoms with Crippen LogP contribution in [-0.2, 0) is 19.0 Å². The van der Waals surface area contributed by atoms with Crippen molar-refractivity contribution in [3.8, 4) is 0 Å². The van der Waals surface area contributed by atoms with Gasteiger partial charge in [-0.3, -0.25) is 4.79 Å². The quantitative estimate of drug-likeness (QED) is 0.115. The zero-order valence-electron chi connectivity index (χ0n) is 24.4. The van der Waals surface area contributed by atoms with Gasteiger partial charge in [-0.1, -0.05) is 52.9 Å². The lowest BCUT2D eigenvalue weighted by molar-refractivity contribution is -0.159. The molecule has 0 aliphatic rings. The van der Waals surface area contributed by atoms with E-state index in [-0.39, 0.29) is 12.6 Å². The Morgan fingerprint density at radius 1 is 0.750 bits per heavy atom. The fourth-order valence-corrected chi connectivity index (χ4v) is 4.18. The Morgan fingerprint density at radius 3 is 1.83 bits per heavy atom. The molecule has 7 nitrogen and oxygen atoms in total. The second kappa shape index (κ2) is 20.7. The summed E-state index contributed by atoms with van der Waals surface area (Å²) < 4.78 is 16.8. The van der Waals surface area contributed by atoms with E-state index in [1.54, 1.807) is 0 Å². The molecule has 0 fully saturated rings. The summed E-state index contributed by atoms with van der Waals surface area (Å²) >= 11 is 0. The molecular weight excluding hydrogens is 458 g/mol. The molecular formula is C29H57NO6. The molecule has 0 radical (unpaired) electrons. The van der Waals surface area contributed by atoms with Crippen LogP contribution < -0.4 is 0 Å². The van der Waals surface area contributed by atoms with Gasteiger partial charge in [-0.15, -0.1) is 0 Å². The van der Waals surface area contributed by atoms with E-state index < -0.39 is 17.4 Å². The lowest BCUT2D eigenvalue weighted by Gasteiger charge is -2.29. The van der Waals surface area contributed by atoms with Gasteiger partial charge in [0, 0.05) is 13.2 Å². The van der Waals surface area contributed by atoms with Gasteiger partial charge in [0.1, 0.15) is 11.2 Å². The third-order valence-electron chi connectivity index (χ3n) is 7.17. The molecule has 0 aromatic heterocycles. The lowest BCUT2D eigenvalue weighted by atomic mass is 9.95. The number of aliphatic hydroxyl groups excluding tert-OH is 1. The molecule has 0 saturated heterocycles. The van der Waals surface area contributed by atoms with Gasteiger partial charge in [0.25, 0.3) is 0 Å². The third-order valence-corrected chi connectivity index (χ3v) is 7.17. The van der Waals surface area contributed by atoms with Gasteiger partial charge in [0.2, 0.25) is 0 Å². The predicted octanol–water partition coefficient (Wildman–Crippen LogP) is 7.04. The average molecular weight is 516 g/mol. The van der Waals surface area contributed by atoms with Crippen molar-refractivity contribution in [2.75, 3.05) is 33.4 Å². The van der Waals surface area contributed by atoms with Crippen LogP contribution in [0.25, 0.3) is 0 Å². The maximum Gasteiger partial charge on any atom is 0.508 e. The first-order valence-electron chi connectivity index (χ1n) is 14.5. The number of carbonyl (C=O) groups excluding carboxylic acids is 2. The molecule has 0 aromatic rings. The van der Waals surface area contributed by atoms with E-state index in [0.29, 0.717) is 13.0 Å². The number of nitrogens with zero attached hydrogens (tertiary/aromatic N) is 1. The van der Waals surface area contributed by atoms with E-state index in [1.807, 2.05) is 27.8 Å². The number of rotatable bonds is 23. The summed E-state index contributed by atoms with van der Waals surface area (Å²) in [7, 11) is 2.03. The second-order valence-corrected chi connectivity index (χ2v) is 10.7. The van der Waals surface area contributed by atoms with Crippen molar-refractivity contribution in [1.29, 1.82) is 0 Å². The van der Waals surface area contributed by atoms with Gasteiger partial charge in [-0.25, -0.2) is 4.79 Å². The molecule has 0 bridgehead atoms. The molecule has 0 amide bonds. The largest absolute Gasteiger partial charge is 0.508 e. The molecule has 0 aliphatic heterocycles. The molecule has 1 N–H and O–H groups in total. The molecule has 0 saturated carbocycles. The number of hydrogen-bond acceptors (Lipinski definition) is 7. The standard InChI is InChI=1S/C29H57NO6/c1-7-22-30(6)23-19-26(32)35-28(4,8-2)20-16-12-14-18-25-34-27(33)36-29(5,9-3)21-15-11-10-13-17-24-31/h31H,7-25H2,1-6H3. The van der Waals surface area contributed by atoms with Crippen molar-refractivity contribution in [1.82, 2.24) is 4.90 Å². The van der Waals surface area contributed by atoms with Crippen LogP contribution in [0.15, 0.2) is 0 Å². The van der Waals surface area contributed by atoms with E-state index in [9.17, 15) is 9.59 Å². The van der Waals surface area contributed by atoms with E-state index in [4.69, 9.17) is 19.3 Å². The highest BCUT2D eigenvalue weighted by Gasteiger charge is 2.28. The molecule has 0 heterocycles. The first kappa shape index (κ1) is 34.7. The van der Waals surface area contributed by atoms with E-state index in [1.165, 1.54) is 0 Å². The number of carbonyl (C=O) groups is 2. The zero-order valence-corrected chi connectivity index (χ0v) is 24.4. The van der Waals surface area contributed by atoms with Crippen molar-refractivity contribution < 1.29 is 28.9 Å². The fourth-order valence-electron chi connectivity index (χ4n) is 4.18. The fraction of sp³-hybridized carbons (Fsp3) is 0.931. The van der Waals surface area contributed by atoms with Crippen LogP contribution in [0, 0.1) is 0 Å². The number of unbranched alkanes of at least 4 members (excludes halogenated alkanes) is 7. The van der Waals surface area contributed by atoms with Gasteiger partial charge in [-0.2, -0.15) is 0 Å². The molecule has 0 aromatic carbocycles. The van der Waals surface area contributed by atoms with Crippen molar-refractivity contribution in [3.05, 3.63) is 0 Å². The van der Waals surface area contributed by atoms with Crippen molar-refractivity contribution in [2.45, 2.75) is 142 Å². The first-order valence-corrected chi connectivity index (χ1v) is 14.5. The molecule has 2 unspecified atom stereocenters. The number of ether oxygens (including phenoxy) is 3. The highest BCUT2D eigenvalue weighted by molar-refractivity contribution is 5.70. The molecule has 36 heavy (non-hydrogen) atoms. The van der Waals surface area contributed by atoms with E-state index in [2.05, 4.69) is 18.7 Å². The van der Waals surface area contributed by atoms with Gasteiger partial charge in [0.05, 0.1) is 13.0 Å². The highest BCUT2D eigenvalue weighted by atomic mass is 16.7. The molecule has 0 aliphatic carbocycles. The summed E-state index contributed by atoms with van der Waals surface area (Å²) in [6, 6.07) is 0. The van der Waals surface area contributed by atoms with Crippen LogP contribution in [0.1, 0.15) is 131 Å². The summed E-state index contributed by atoms with van der Waals surface area (Å²) in [5, 5.41) is 8.85. The predicted molar refractivity (Wildman–Crippen MR) is 146 cm³/mol. The smallest absolute Gasteiger partial charge is 0.459 e. The van der Waals surface area contributed by atoms with Gasteiger partial charge < -0.3 is 24.2 Å². The van der Waals surface area contributed by atoms with Gasteiger partial charge >= 0.3 is 12.1 Å². The summed E-state index contributed by atoms with van der Waals surface area (Å²) in [5.74, 6) is -0.116. The number of esters is 1. The molecule has 0 spiro atoms. The second-order valence-electron chi connectivity index (χ2n) is 10.7. The van der Waals surface area contributed by atoms with Gasteiger partial charge in [-0.05, 0) is 85.2 Å². The minimum atomic E-state index is -0.574. The van der Waals surface area contributed by atoms with E-state index >= 15 is 0 Å². The molecule has 214 valence electrons. The third kappa shape index (κ3) is 18.0. The van der Waals surface area contributed by atoms with Crippen LogP contribution in [0.2, 0.25) is 0 Å². The summed E-state index contributed by atoms with van der Waals surface area (Å²) in [4.78, 5) is 26.6. The zero-order chi connectivity index (χ0) is 27.3. The van der Waals surface area contributed by atoms with Crippen LogP contribution >= 0.6 is 0 Å². The van der Waals surface area contributed by atoms with Crippen molar-refractivity contribution >= 4 is 12.1 Å². The van der Waals surface area contributed by atoms with Crippen molar-refractivity contribution in [2.24, 2.45) is 0 Å². The normalized spacial score (nSPS) is 14.8. The Morgan fingerprint density at radius 2 is 1.28 bits per heavy atom. The monoisotopic (exact) mass is 515 g/mol. The maximum atomic E-state index is 12.3.